The van der Waals surface area contributed by atoms with Gasteiger partial charge in [0.05, 0.1) is 6.20 Å². The predicted molar refractivity (Wildman–Crippen MR) is 72.2 cm³/mol. The van der Waals surface area contributed by atoms with Gasteiger partial charge in [-0.2, -0.15) is 0 Å². The minimum absolute atomic E-state index is 0.246. The van der Waals surface area contributed by atoms with Crippen molar-refractivity contribution < 1.29 is 14.3 Å². The van der Waals surface area contributed by atoms with E-state index in [1.54, 1.807) is 6.20 Å². The van der Waals surface area contributed by atoms with Crippen molar-refractivity contribution in [3.63, 3.8) is 0 Å². The Kier molecular flexibility index (Phi) is 3.63. The van der Waals surface area contributed by atoms with Gasteiger partial charge in [-0.15, -0.1) is 5.10 Å². The highest BCUT2D eigenvalue weighted by atomic mass is 16.5. The van der Waals surface area contributed by atoms with Gasteiger partial charge in [-0.05, 0) is 18.6 Å². The molecule has 1 aliphatic heterocycles. The highest BCUT2D eigenvalue weighted by molar-refractivity contribution is 5.99. The molecule has 0 bridgehead atoms. The third-order valence-electron chi connectivity index (χ3n) is 3.22. The van der Waals surface area contributed by atoms with Gasteiger partial charge in [-0.3, -0.25) is 14.9 Å². The first kappa shape index (κ1) is 13.3. The van der Waals surface area contributed by atoms with Crippen LogP contribution >= 0.6 is 0 Å². The van der Waals surface area contributed by atoms with Crippen LogP contribution in [0, 0.1) is 0 Å². The van der Waals surface area contributed by atoms with Gasteiger partial charge < -0.3 is 4.74 Å². The number of piperidine rings is 1. The molecule has 2 amide bonds. The summed E-state index contributed by atoms with van der Waals surface area (Å²) in [7, 11) is 0. The molecule has 108 valence electrons. The molecule has 0 spiro atoms. The summed E-state index contributed by atoms with van der Waals surface area (Å²) in [4.78, 5) is 22.9. The number of carbonyl (C=O) groups excluding carboxylic acids is 2. The summed E-state index contributed by atoms with van der Waals surface area (Å²) < 4.78 is 7.04. The van der Waals surface area contributed by atoms with E-state index in [-0.39, 0.29) is 18.4 Å². The predicted octanol–water partition coefficient (Wildman–Crippen LogP) is 0.835. The van der Waals surface area contributed by atoms with Crippen molar-refractivity contribution >= 4 is 11.8 Å². The maximum Gasteiger partial charge on any atom is 0.251 e. The number of benzene rings is 1. The van der Waals surface area contributed by atoms with Gasteiger partial charge >= 0.3 is 0 Å². The minimum Gasteiger partial charge on any atom is -0.487 e. The lowest BCUT2D eigenvalue weighted by molar-refractivity contribution is -0.136. The molecule has 0 radical (unpaired) electrons. The molecule has 1 aromatic heterocycles. The quantitative estimate of drug-likeness (QED) is 0.841. The van der Waals surface area contributed by atoms with Crippen molar-refractivity contribution in [3.05, 3.63) is 42.2 Å². The van der Waals surface area contributed by atoms with E-state index < -0.39 is 6.04 Å². The van der Waals surface area contributed by atoms with E-state index in [1.165, 1.54) is 4.68 Å². The van der Waals surface area contributed by atoms with Crippen LogP contribution in [-0.4, -0.2) is 26.8 Å². The Morgan fingerprint density at radius 1 is 1.29 bits per heavy atom. The van der Waals surface area contributed by atoms with Crippen LogP contribution in [-0.2, 0) is 16.2 Å². The summed E-state index contributed by atoms with van der Waals surface area (Å²) in [5.74, 6) is 0.156. The van der Waals surface area contributed by atoms with Crippen LogP contribution in [0.1, 0.15) is 24.6 Å². The molecular formula is C14H14N4O3. The number of imide groups is 1. The normalized spacial score (nSPS) is 18.4. The van der Waals surface area contributed by atoms with Crippen molar-refractivity contribution in [2.24, 2.45) is 0 Å². The first-order chi connectivity index (χ1) is 10.2. The second-order valence-electron chi connectivity index (χ2n) is 4.76. The Balaban J connectivity index is 1.63. The number of para-hydroxylation sites is 1. The Bertz CT molecular complexity index is 653. The summed E-state index contributed by atoms with van der Waals surface area (Å²) in [6, 6.07) is 8.90. The minimum atomic E-state index is -0.485. The maximum atomic E-state index is 11.7. The topological polar surface area (TPSA) is 86.1 Å². The average Bonchev–Trinajstić information content (AvgIpc) is 2.95. The summed E-state index contributed by atoms with van der Waals surface area (Å²) in [5, 5.41) is 10.2. The lowest BCUT2D eigenvalue weighted by atomic mass is 10.1. The van der Waals surface area contributed by atoms with Crippen molar-refractivity contribution in [1.82, 2.24) is 20.3 Å². The third-order valence-corrected chi connectivity index (χ3v) is 3.22. The zero-order chi connectivity index (χ0) is 14.7. The standard InChI is InChI=1S/C14H14N4O3/c19-13-7-6-12(14(20)15-13)18-8-10(16-17-18)9-21-11-4-2-1-3-5-11/h1-5,8,12H,6-7,9H2,(H,15,19,20). The second-order valence-corrected chi connectivity index (χ2v) is 4.76. The summed E-state index contributed by atoms with van der Waals surface area (Å²) >= 11 is 0. The fourth-order valence-electron chi connectivity index (χ4n) is 2.14. The Hall–Kier alpha value is -2.70. The number of hydrogen-bond donors (Lipinski definition) is 1. The highest BCUT2D eigenvalue weighted by Gasteiger charge is 2.28. The van der Waals surface area contributed by atoms with E-state index >= 15 is 0 Å². The molecule has 21 heavy (non-hydrogen) atoms. The van der Waals surface area contributed by atoms with Crippen molar-refractivity contribution in [1.29, 1.82) is 0 Å². The molecular weight excluding hydrogens is 272 g/mol. The lowest BCUT2D eigenvalue weighted by Gasteiger charge is -2.20. The molecule has 1 N–H and O–H groups in total. The highest BCUT2D eigenvalue weighted by Crippen LogP contribution is 2.18. The van der Waals surface area contributed by atoms with Crippen molar-refractivity contribution in [2.45, 2.75) is 25.5 Å². The van der Waals surface area contributed by atoms with Crippen LogP contribution in [0.5, 0.6) is 5.75 Å². The first-order valence-corrected chi connectivity index (χ1v) is 6.64. The smallest absolute Gasteiger partial charge is 0.251 e. The molecule has 2 heterocycles. The summed E-state index contributed by atoms with van der Waals surface area (Å²) in [6.45, 7) is 0.275. The maximum absolute atomic E-state index is 11.7. The molecule has 0 saturated carbocycles. The van der Waals surface area contributed by atoms with Crippen LogP contribution in [0.2, 0.25) is 0 Å². The number of aromatic nitrogens is 3. The van der Waals surface area contributed by atoms with Crippen LogP contribution < -0.4 is 10.1 Å². The fourth-order valence-corrected chi connectivity index (χ4v) is 2.14. The van der Waals surface area contributed by atoms with E-state index in [9.17, 15) is 9.59 Å². The number of hydrogen-bond acceptors (Lipinski definition) is 5. The van der Waals surface area contributed by atoms with Crippen LogP contribution in [0.25, 0.3) is 0 Å². The molecule has 1 unspecified atom stereocenters. The molecule has 1 atom stereocenters. The number of nitrogens with one attached hydrogen (secondary N) is 1. The zero-order valence-corrected chi connectivity index (χ0v) is 11.2. The van der Waals surface area contributed by atoms with E-state index in [0.29, 0.717) is 18.5 Å². The van der Waals surface area contributed by atoms with E-state index in [2.05, 4.69) is 15.6 Å². The molecule has 1 fully saturated rings. The summed E-state index contributed by atoms with van der Waals surface area (Å²) in [6.07, 6.45) is 2.42. The van der Waals surface area contributed by atoms with Gasteiger partial charge in [0.1, 0.15) is 24.1 Å². The van der Waals surface area contributed by atoms with E-state index in [0.717, 1.165) is 5.75 Å². The van der Waals surface area contributed by atoms with Crippen LogP contribution in [0.15, 0.2) is 36.5 Å². The van der Waals surface area contributed by atoms with Gasteiger partial charge in [0.15, 0.2) is 0 Å². The average molecular weight is 286 g/mol. The zero-order valence-electron chi connectivity index (χ0n) is 11.2. The van der Waals surface area contributed by atoms with E-state index in [4.69, 9.17) is 4.74 Å². The van der Waals surface area contributed by atoms with Gasteiger partial charge in [-0.1, -0.05) is 23.4 Å². The van der Waals surface area contributed by atoms with Crippen LogP contribution in [0.3, 0.4) is 0 Å². The monoisotopic (exact) mass is 286 g/mol. The van der Waals surface area contributed by atoms with Crippen LogP contribution in [0.4, 0.5) is 0 Å². The molecule has 3 rings (SSSR count). The van der Waals surface area contributed by atoms with Gasteiger partial charge in [0.25, 0.3) is 5.91 Å². The molecule has 0 aliphatic carbocycles. The fraction of sp³-hybridized carbons (Fsp3) is 0.286. The van der Waals surface area contributed by atoms with E-state index in [1.807, 2.05) is 30.3 Å². The number of ether oxygens (including phenoxy) is 1. The van der Waals surface area contributed by atoms with Gasteiger partial charge in [0.2, 0.25) is 5.91 Å². The largest absolute Gasteiger partial charge is 0.487 e. The molecule has 1 aliphatic rings. The van der Waals surface area contributed by atoms with Gasteiger partial charge in [0, 0.05) is 6.42 Å². The summed E-state index contributed by atoms with van der Waals surface area (Å²) in [5.41, 5.74) is 0.628. The first-order valence-electron chi connectivity index (χ1n) is 6.64. The van der Waals surface area contributed by atoms with Crippen molar-refractivity contribution in [2.75, 3.05) is 0 Å². The SMILES string of the molecule is O=C1CCC(n2cc(COc3ccccc3)nn2)C(=O)N1. The lowest BCUT2D eigenvalue weighted by Crippen LogP contribution is -2.41. The number of nitrogens with zero attached hydrogens (tertiary/aromatic N) is 3. The number of carbonyl (C=O) groups is 2. The van der Waals surface area contributed by atoms with Crippen molar-refractivity contribution in [3.8, 4) is 5.75 Å². The Morgan fingerprint density at radius 3 is 2.86 bits per heavy atom. The molecule has 1 saturated heterocycles. The number of rotatable bonds is 4. The molecule has 7 heteroatoms. The number of amides is 2. The second kappa shape index (κ2) is 5.74. The van der Waals surface area contributed by atoms with Gasteiger partial charge in [-0.25, -0.2) is 4.68 Å². The Morgan fingerprint density at radius 2 is 2.10 bits per heavy atom. The molecule has 2 aromatic rings. The molecule has 1 aromatic carbocycles. The third kappa shape index (κ3) is 3.07. The molecule has 7 nitrogen and oxygen atoms in total. The Labute approximate surface area is 120 Å².